The van der Waals surface area contributed by atoms with Crippen molar-refractivity contribution in [3.05, 3.63) is 77.7 Å². The molecule has 0 saturated carbocycles. The zero-order chi connectivity index (χ0) is 18.4. The Hall–Kier alpha value is -2.99. The van der Waals surface area contributed by atoms with Crippen molar-refractivity contribution in [2.45, 2.75) is 19.5 Å². The summed E-state index contributed by atoms with van der Waals surface area (Å²) in [5.41, 5.74) is 9.18. The predicted octanol–water partition coefficient (Wildman–Crippen LogP) is 3.09. The lowest BCUT2D eigenvalue weighted by Gasteiger charge is -2.22. The predicted molar refractivity (Wildman–Crippen MR) is 98.3 cm³/mol. The number of amides is 1. The van der Waals surface area contributed by atoms with Crippen LogP contribution in [0.5, 0.6) is 0 Å². The quantitative estimate of drug-likeness (QED) is 0.654. The van der Waals surface area contributed by atoms with E-state index in [0.29, 0.717) is 19.6 Å². The van der Waals surface area contributed by atoms with Crippen LogP contribution >= 0.6 is 0 Å². The molecule has 0 aliphatic rings. The highest BCUT2D eigenvalue weighted by molar-refractivity contribution is 5.73. The maximum absolute atomic E-state index is 13.2. The minimum absolute atomic E-state index is 0.276. The lowest BCUT2D eigenvalue weighted by Crippen LogP contribution is -2.27. The second-order valence-corrected chi connectivity index (χ2v) is 6.19. The van der Waals surface area contributed by atoms with Crippen LogP contribution in [0.25, 0.3) is 11.3 Å². The van der Waals surface area contributed by atoms with Gasteiger partial charge in [-0.15, -0.1) is 0 Å². The van der Waals surface area contributed by atoms with E-state index in [1.807, 2.05) is 30.3 Å². The number of rotatable bonds is 8. The van der Waals surface area contributed by atoms with Gasteiger partial charge in [0, 0.05) is 37.2 Å². The van der Waals surface area contributed by atoms with Gasteiger partial charge in [0.1, 0.15) is 5.82 Å². The van der Waals surface area contributed by atoms with E-state index in [0.717, 1.165) is 22.4 Å². The van der Waals surface area contributed by atoms with Gasteiger partial charge in [-0.2, -0.15) is 5.10 Å². The summed E-state index contributed by atoms with van der Waals surface area (Å²) in [5.74, 6) is -0.601. The van der Waals surface area contributed by atoms with Crippen LogP contribution in [0.15, 0.2) is 60.8 Å². The van der Waals surface area contributed by atoms with Gasteiger partial charge in [0.25, 0.3) is 0 Å². The molecule has 6 heteroatoms. The fourth-order valence-electron chi connectivity index (χ4n) is 2.86. The normalized spacial score (nSPS) is 11.0. The van der Waals surface area contributed by atoms with E-state index >= 15 is 0 Å². The number of nitrogens with zero attached hydrogens (tertiary/aromatic N) is 2. The molecule has 0 fully saturated rings. The summed E-state index contributed by atoms with van der Waals surface area (Å²) in [4.78, 5) is 13.4. The first kappa shape index (κ1) is 17.8. The minimum atomic E-state index is -0.325. The highest BCUT2D eigenvalue weighted by Crippen LogP contribution is 2.23. The van der Waals surface area contributed by atoms with Gasteiger partial charge >= 0.3 is 0 Å². The number of nitrogens with one attached hydrogen (secondary N) is 1. The molecule has 1 heterocycles. The Labute approximate surface area is 151 Å². The van der Waals surface area contributed by atoms with Crippen molar-refractivity contribution in [3.63, 3.8) is 0 Å². The van der Waals surface area contributed by atoms with Crippen molar-refractivity contribution in [2.24, 2.45) is 5.73 Å². The number of hydrogen-bond donors (Lipinski definition) is 2. The Morgan fingerprint density at radius 3 is 2.50 bits per heavy atom. The average Bonchev–Trinajstić information content (AvgIpc) is 3.09. The fourth-order valence-corrected chi connectivity index (χ4v) is 2.86. The summed E-state index contributed by atoms with van der Waals surface area (Å²) < 4.78 is 13.2. The molecule has 26 heavy (non-hydrogen) atoms. The molecule has 0 unspecified atom stereocenters. The van der Waals surface area contributed by atoms with Gasteiger partial charge in [-0.25, -0.2) is 4.39 Å². The molecule has 3 aromatic rings. The summed E-state index contributed by atoms with van der Waals surface area (Å²) in [5, 5.41) is 7.12. The third-order valence-corrected chi connectivity index (χ3v) is 4.17. The molecule has 0 radical (unpaired) electrons. The van der Waals surface area contributed by atoms with E-state index < -0.39 is 0 Å². The van der Waals surface area contributed by atoms with Crippen LogP contribution in [0.2, 0.25) is 0 Å². The SMILES string of the molecule is NC(=O)CCN(Cc1ccccc1)Cc1cn[nH]c1-c1ccc(F)cc1. The number of benzene rings is 2. The second-order valence-electron chi connectivity index (χ2n) is 6.19. The van der Waals surface area contributed by atoms with Gasteiger partial charge < -0.3 is 5.73 Å². The third-order valence-electron chi connectivity index (χ3n) is 4.17. The number of halogens is 1. The van der Waals surface area contributed by atoms with Gasteiger partial charge in [-0.05, 0) is 29.8 Å². The van der Waals surface area contributed by atoms with E-state index in [1.54, 1.807) is 18.3 Å². The van der Waals surface area contributed by atoms with Crippen LogP contribution in [-0.4, -0.2) is 27.5 Å². The molecular formula is C20H21FN4O. The number of nitrogens with two attached hydrogens (primary N) is 1. The second kappa shape index (κ2) is 8.40. The molecule has 0 bridgehead atoms. The Morgan fingerprint density at radius 2 is 1.81 bits per heavy atom. The van der Waals surface area contributed by atoms with Crippen LogP contribution in [-0.2, 0) is 17.9 Å². The van der Waals surface area contributed by atoms with Crippen molar-refractivity contribution < 1.29 is 9.18 Å². The largest absolute Gasteiger partial charge is 0.370 e. The van der Waals surface area contributed by atoms with Crippen LogP contribution in [0.3, 0.4) is 0 Å². The first-order chi connectivity index (χ1) is 12.6. The van der Waals surface area contributed by atoms with Crippen molar-refractivity contribution in [3.8, 4) is 11.3 Å². The third kappa shape index (κ3) is 4.77. The number of aromatic amines is 1. The Balaban J connectivity index is 1.79. The van der Waals surface area contributed by atoms with Gasteiger partial charge in [0.15, 0.2) is 0 Å². The van der Waals surface area contributed by atoms with Gasteiger partial charge in [0.2, 0.25) is 5.91 Å². The molecule has 2 aromatic carbocycles. The van der Waals surface area contributed by atoms with E-state index in [4.69, 9.17) is 5.73 Å². The molecule has 3 rings (SSSR count). The molecule has 3 N–H and O–H groups in total. The lowest BCUT2D eigenvalue weighted by molar-refractivity contribution is -0.118. The Kier molecular flexibility index (Phi) is 5.76. The molecule has 0 spiro atoms. The molecule has 134 valence electrons. The number of aromatic nitrogens is 2. The van der Waals surface area contributed by atoms with E-state index in [-0.39, 0.29) is 18.1 Å². The number of carbonyl (C=O) groups excluding carboxylic acids is 1. The molecule has 1 aromatic heterocycles. The van der Waals surface area contributed by atoms with Gasteiger partial charge in [-0.3, -0.25) is 14.8 Å². The highest BCUT2D eigenvalue weighted by atomic mass is 19.1. The van der Waals surface area contributed by atoms with Crippen molar-refractivity contribution >= 4 is 5.91 Å². The zero-order valence-electron chi connectivity index (χ0n) is 14.4. The lowest BCUT2D eigenvalue weighted by atomic mass is 10.1. The Morgan fingerprint density at radius 1 is 1.08 bits per heavy atom. The Bertz CT molecular complexity index is 846. The highest BCUT2D eigenvalue weighted by Gasteiger charge is 2.14. The minimum Gasteiger partial charge on any atom is -0.370 e. The maximum atomic E-state index is 13.2. The van der Waals surface area contributed by atoms with E-state index in [2.05, 4.69) is 15.1 Å². The molecule has 0 atom stereocenters. The number of H-pyrrole nitrogens is 1. The molecule has 0 aliphatic carbocycles. The number of primary amides is 1. The van der Waals surface area contributed by atoms with Crippen molar-refractivity contribution in [1.82, 2.24) is 15.1 Å². The van der Waals surface area contributed by atoms with E-state index in [9.17, 15) is 9.18 Å². The van der Waals surface area contributed by atoms with Crippen molar-refractivity contribution in [2.75, 3.05) is 6.54 Å². The first-order valence-corrected chi connectivity index (χ1v) is 8.44. The summed E-state index contributed by atoms with van der Waals surface area (Å²) >= 11 is 0. The zero-order valence-corrected chi connectivity index (χ0v) is 14.4. The number of carbonyl (C=O) groups is 1. The van der Waals surface area contributed by atoms with Crippen molar-refractivity contribution in [1.29, 1.82) is 0 Å². The summed E-state index contributed by atoms with van der Waals surface area (Å²) in [6.07, 6.45) is 2.05. The van der Waals surface area contributed by atoms with E-state index in [1.165, 1.54) is 12.1 Å². The van der Waals surface area contributed by atoms with Crippen LogP contribution in [0.4, 0.5) is 4.39 Å². The smallest absolute Gasteiger partial charge is 0.218 e. The summed E-state index contributed by atoms with van der Waals surface area (Å²) in [7, 11) is 0. The topological polar surface area (TPSA) is 75.0 Å². The maximum Gasteiger partial charge on any atom is 0.218 e. The summed E-state index contributed by atoms with van der Waals surface area (Å²) in [6, 6.07) is 16.3. The standard InChI is InChI=1S/C20H21FN4O/c21-18-8-6-16(7-9-18)20-17(12-23-24-20)14-25(11-10-19(22)26)13-15-4-2-1-3-5-15/h1-9,12H,10-11,13-14H2,(H2,22,26)(H,23,24). The van der Waals surface area contributed by atoms with Crippen LogP contribution in [0.1, 0.15) is 17.5 Å². The van der Waals surface area contributed by atoms with Gasteiger partial charge in [-0.1, -0.05) is 30.3 Å². The number of hydrogen-bond acceptors (Lipinski definition) is 3. The molecule has 0 saturated heterocycles. The molecule has 1 amide bonds. The molecular weight excluding hydrogens is 331 g/mol. The molecule has 5 nitrogen and oxygen atoms in total. The van der Waals surface area contributed by atoms with Crippen LogP contribution in [0, 0.1) is 5.82 Å². The monoisotopic (exact) mass is 352 g/mol. The van der Waals surface area contributed by atoms with Gasteiger partial charge in [0.05, 0.1) is 11.9 Å². The first-order valence-electron chi connectivity index (χ1n) is 8.44. The summed E-state index contributed by atoms with van der Waals surface area (Å²) in [6.45, 7) is 1.85. The van der Waals surface area contributed by atoms with Crippen LogP contribution < -0.4 is 5.73 Å². The fraction of sp³-hybridized carbons (Fsp3) is 0.200. The molecule has 0 aliphatic heterocycles. The average molecular weight is 352 g/mol.